The Morgan fingerprint density at radius 1 is 1.00 bits per heavy atom. The van der Waals surface area contributed by atoms with Crippen LogP contribution in [0.15, 0.2) is 39.8 Å². The standard InChI is InChI=1S/C20H28N2O3S/c23-26(24,20-14-16-8-5-6-12-19(16)25-20)21-17-9-7-13-22(15-17)18-10-3-1-2-4-11-18/h5-6,8,12,14,17-18,21H,1-4,7,9-11,13,15H2. The van der Waals surface area contributed by atoms with Crippen molar-refractivity contribution in [3.63, 3.8) is 0 Å². The Balaban J connectivity index is 1.45. The first-order chi connectivity index (χ1) is 12.6. The van der Waals surface area contributed by atoms with Crippen LogP contribution in [-0.2, 0) is 10.0 Å². The Bertz CT molecular complexity index is 805. The Hall–Kier alpha value is -1.37. The molecular formula is C20H28N2O3S. The number of hydrogen-bond donors (Lipinski definition) is 1. The van der Waals surface area contributed by atoms with Crippen molar-refractivity contribution >= 4 is 21.0 Å². The molecule has 0 spiro atoms. The number of rotatable bonds is 4. The fourth-order valence-corrected chi connectivity index (χ4v) is 5.65. The Morgan fingerprint density at radius 2 is 1.77 bits per heavy atom. The minimum Gasteiger partial charge on any atom is -0.443 e. The van der Waals surface area contributed by atoms with Gasteiger partial charge in [-0.25, -0.2) is 13.1 Å². The van der Waals surface area contributed by atoms with Gasteiger partial charge in [-0.15, -0.1) is 0 Å². The van der Waals surface area contributed by atoms with Gasteiger partial charge in [-0.2, -0.15) is 0 Å². The van der Waals surface area contributed by atoms with Crippen LogP contribution in [0.5, 0.6) is 0 Å². The molecule has 1 aliphatic carbocycles. The molecule has 0 radical (unpaired) electrons. The number of sulfonamides is 1. The molecule has 1 aliphatic heterocycles. The first kappa shape index (κ1) is 18.0. The van der Waals surface area contributed by atoms with Gasteiger partial charge in [-0.05, 0) is 38.3 Å². The highest BCUT2D eigenvalue weighted by atomic mass is 32.2. The molecule has 1 unspecified atom stereocenters. The van der Waals surface area contributed by atoms with Gasteiger partial charge in [0.05, 0.1) is 0 Å². The zero-order chi connectivity index (χ0) is 18.0. The number of piperidine rings is 1. The van der Waals surface area contributed by atoms with Crippen molar-refractivity contribution < 1.29 is 12.8 Å². The number of fused-ring (bicyclic) bond motifs is 1. The third-order valence-electron chi connectivity index (χ3n) is 5.78. The number of hydrogen-bond acceptors (Lipinski definition) is 4. The molecular weight excluding hydrogens is 348 g/mol. The largest absolute Gasteiger partial charge is 0.443 e. The van der Waals surface area contributed by atoms with Gasteiger partial charge in [0.15, 0.2) is 0 Å². The van der Waals surface area contributed by atoms with Gasteiger partial charge in [0.2, 0.25) is 5.09 Å². The number of nitrogens with zero attached hydrogens (tertiary/aromatic N) is 1. The van der Waals surface area contributed by atoms with Crippen LogP contribution in [0.25, 0.3) is 11.0 Å². The number of furan rings is 1. The smallest absolute Gasteiger partial charge is 0.274 e. The maximum Gasteiger partial charge on any atom is 0.274 e. The van der Waals surface area contributed by atoms with Gasteiger partial charge in [0, 0.05) is 30.1 Å². The van der Waals surface area contributed by atoms with E-state index in [4.69, 9.17) is 4.42 Å². The molecule has 142 valence electrons. The Labute approximate surface area is 155 Å². The van der Waals surface area contributed by atoms with Crippen molar-refractivity contribution in [1.29, 1.82) is 0 Å². The summed E-state index contributed by atoms with van der Waals surface area (Å²) in [5.74, 6) is 0. The lowest BCUT2D eigenvalue weighted by Crippen LogP contribution is -2.50. The number of likely N-dealkylation sites (tertiary alicyclic amines) is 1. The van der Waals surface area contributed by atoms with E-state index in [1.54, 1.807) is 12.1 Å². The molecule has 2 aliphatic rings. The van der Waals surface area contributed by atoms with Gasteiger partial charge in [-0.1, -0.05) is 43.9 Å². The van der Waals surface area contributed by atoms with Gasteiger partial charge < -0.3 is 4.42 Å². The monoisotopic (exact) mass is 376 g/mol. The molecule has 2 aromatic rings. The molecule has 1 N–H and O–H groups in total. The fraction of sp³-hybridized carbons (Fsp3) is 0.600. The lowest BCUT2D eigenvalue weighted by molar-refractivity contribution is 0.132. The summed E-state index contributed by atoms with van der Waals surface area (Å²) in [4.78, 5) is 2.51. The van der Waals surface area contributed by atoms with E-state index in [9.17, 15) is 8.42 Å². The summed E-state index contributed by atoms with van der Waals surface area (Å²) >= 11 is 0. The van der Waals surface area contributed by atoms with Crippen molar-refractivity contribution in [3.8, 4) is 0 Å². The zero-order valence-electron chi connectivity index (χ0n) is 15.2. The van der Waals surface area contributed by atoms with Crippen LogP contribution in [0.3, 0.4) is 0 Å². The summed E-state index contributed by atoms with van der Waals surface area (Å²) < 4.78 is 34.0. The summed E-state index contributed by atoms with van der Waals surface area (Å²) in [6.07, 6.45) is 9.73. The zero-order valence-corrected chi connectivity index (χ0v) is 16.0. The van der Waals surface area contributed by atoms with Gasteiger partial charge in [0.25, 0.3) is 10.0 Å². The molecule has 2 fully saturated rings. The van der Waals surface area contributed by atoms with E-state index in [1.165, 1.54) is 38.5 Å². The third-order valence-corrected chi connectivity index (χ3v) is 7.16. The van der Waals surface area contributed by atoms with Gasteiger partial charge >= 0.3 is 0 Å². The van der Waals surface area contributed by atoms with Gasteiger partial charge in [0.1, 0.15) is 5.58 Å². The summed E-state index contributed by atoms with van der Waals surface area (Å²) in [6, 6.07) is 9.59. The molecule has 0 amide bonds. The van der Waals surface area contributed by atoms with Crippen LogP contribution >= 0.6 is 0 Å². The summed E-state index contributed by atoms with van der Waals surface area (Å²) in [7, 11) is -3.63. The van der Waals surface area contributed by atoms with Crippen LogP contribution in [0.4, 0.5) is 0 Å². The average molecular weight is 377 g/mol. The van der Waals surface area contributed by atoms with Crippen LogP contribution < -0.4 is 4.72 Å². The quantitative estimate of drug-likeness (QED) is 0.822. The molecule has 1 atom stereocenters. The predicted molar refractivity (Wildman–Crippen MR) is 103 cm³/mol. The molecule has 26 heavy (non-hydrogen) atoms. The van der Waals surface area contributed by atoms with E-state index in [0.717, 1.165) is 31.3 Å². The lowest BCUT2D eigenvalue weighted by atomic mass is 10.0. The van der Waals surface area contributed by atoms with E-state index >= 15 is 0 Å². The molecule has 0 bridgehead atoms. The second-order valence-corrected chi connectivity index (χ2v) is 9.35. The SMILES string of the molecule is O=S(=O)(NC1CCCN(C2CCCCCC2)C1)c1cc2ccccc2o1. The number of benzene rings is 1. The van der Waals surface area contributed by atoms with E-state index in [1.807, 2.05) is 18.2 Å². The maximum atomic E-state index is 12.8. The van der Waals surface area contributed by atoms with E-state index < -0.39 is 10.0 Å². The Kier molecular flexibility index (Phi) is 5.34. The molecule has 5 nitrogen and oxygen atoms in total. The Morgan fingerprint density at radius 3 is 2.54 bits per heavy atom. The lowest BCUT2D eigenvalue weighted by Gasteiger charge is -2.38. The van der Waals surface area contributed by atoms with Crippen molar-refractivity contribution in [1.82, 2.24) is 9.62 Å². The van der Waals surface area contributed by atoms with Crippen molar-refractivity contribution in [2.24, 2.45) is 0 Å². The minimum absolute atomic E-state index is 0.0188. The van der Waals surface area contributed by atoms with Crippen LogP contribution in [0.2, 0.25) is 0 Å². The van der Waals surface area contributed by atoms with Crippen molar-refractivity contribution in [2.75, 3.05) is 13.1 Å². The molecule has 1 aromatic heterocycles. The van der Waals surface area contributed by atoms with Crippen LogP contribution in [0.1, 0.15) is 51.4 Å². The molecule has 6 heteroatoms. The second kappa shape index (κ2) is 7.71. The fourth-order valence-electron chi connectivity index (χ4n) is 4.42. The van der Waals surface area contributed by atoms with E-state index in [-0.39, 0.29) is 11.1 Å². The molecule has 2 heterocycles. The van der Waals surface area contributed by atoms with E-state index in [2.05, 4.69) is 9.62 Å². The number of nitrogens with one attached hydrogen (secondary N) is 1. The molecule has 1 aromatic carbocycles. The van der Waals surface area contributed by atoms with Crippen LogP contribution in [-0.4, -0.2) is 38.5 Å². The average Bonchev–Trinajstić information content (AvgIpc) is 2.90. The van der Waals surface area contributed by atoms with Crippen LogP contribution in [0, 0.1) is 0 Å². The van der Waals surface area contributed by atoms with Gasteiger partial charge in [-0.3, -0.25) is 4.90 Å². The second-order valence-electron chi connectivity index (χ2n) is 7.70. The summed E-state index contributed by atoms with van der Waals surface area (Å²) in [6.45, 7) is 1.90. The molecule has 4 rings (SSSR count). The van der Waals surface area contributed by atoms with Crippen molar-refractivity contribution in [3.05, 3.63) is 30.3 Å². The summed E-state index contributed by atoms with van der Waals surface area (Å²) in [5.41, 5.74) is 0.608. The highest BCUT2D eigenvalue weighted by molar-refractivity contribution is 7.89. The highest BCUT2D eigenvalue weighted by Gasteiger charge is 2.30. The molecule has 1 saturated heterocycles. The van der Waals surface area contributed by atoms with Crippen molar-refractivity contribution in [2.45, 2.75) is 68.5 Å². The number of para-hydroxylation sites is 1. The first-order valence-corrected chi connectivity index (χ1v) is 11.4. The highest BCUT2D eigenvalue weighted by Crippen LogP contribution is 2.26. The van der Waals surface area contributed by atoms with E-state index in [0.29, 0.717) is 11.6 Å². The topological polar surface area (TPSA) is 62.6 Å². The molecule has 1 saturated carbocycles. The first-order valence-electron chi connectivity index (χ1n) is 9.87. The minimum atomic E-state index is -3.63. The predicted octanol–water partition coefficient (Wildman–Crippen LogP) is 3.90. The normalized spacial score (nSPS) is 23.9. The summed E-state index contributed by atoms with van der Waals surface area (Å²) in [5, 5.41) is 0.835. The third kappa shape index (κ3) is 3.97. The maximum absolute atomic E-state index is 12.8.